The van der Waals surface area contributed by atoms with Gasteiger partial charge in [0.25, 0.3) is 5.89 Å². The molecule has 0 aliphatic carbocycles. The van der Waals surface area contributed by atoms with Gasteiger partial charge in [-0.05, 0) is 6.92 Å². The van der Waals surface area contributed by atoms with E-state index < -0.39 is 0 Å². The minimum atomic E-state index is -0.294. The number of aromatic nitrogens is 2. The van der Waals surface area contributed by atoms with E-state index in [2.05, 4.69) is 20.2 Å². The van der Waals surface area contributed by atoms with Gasteiger partial charge in [-0.2, -0.15) is 0 Å². The van der Waals surface area contributed by atoms with Crippen molar-refractivity contribution in [2.45, 2.75) is 32.5 Å². The van der Waals surface area contributed by atoms with Gasteiger partial charge in [-0.1, -0.05) is 0 Å². The van der Waals surface area contributed by atoms with Gasteiger partial charge in [0.1, 0.15) is 5.76 Å². The lowest BCUT2D eigenvalue weighted by Crippen LogP contribution is -2.35. The van der Waals surface area contributed by atoms with E-state index in [9.17, 15) is 4.79 Å². The Labute approximate surface area is 138 Å². The minimum absolute atomic E-state index is 0.0840. The molecule has 0 saturated carbocycles. The van der Waals surface area contributed by atoms with E-state index >= 15 is 0 Å². The molecule has 0 radical (unpaired) electrons. The van der Waals surface area contributed by atoms with Gasteiger partial charge in [-0.15, -0.1) is 11.3 Å². The summed E-state index contributed by atoms with van der Waals surface area (Å²) in [5.41, 5.74) is 2.69. The van der Waals surface area contributed by atoms with Crippen LogP contribution in [-0.4, -0.2) is 47.1 Å². The van der Waals surface area contributed by atoms with Gasteiger partial charge in [0, 0.05) is 50.3 Å². The summed E-state index contributed by atoms with van der Waals surface area (Å²) in [6.07, 6.45) is 2.65. The highest BCUT2D eigenvalue weighted by atomic mass is 32.1. The Morgan fingerprint density at radius 2 is 2.48 bits per heavy atom. The molecule has 1 N–H and O–H groups in total. The molecule has 0 bridgehead atoms. The number of rotatable bonds is 6. The van der Waals surface area contributed by atoms with Gasteiger partial charge in [0.2, 0.25) is 0 Å². The highest BCUT2D eigenvalue weighted by molar-refractivity contribution is 7.09. The molecule has 1 aliphatic rings. The van der Waals surface area contributed by atoms with Crippen molar-refractivity contribution in [3.63, 3.8) is 0 Å². The summed E-state index contributed by atoms with van der Waals surface area (Å²) in [4.78, 5) is 24.1. The third-order valence-electron chi connectivity index (χ3n) is 3.66. The van der Waals surface area contributed by atoms with Crippen molar-refractivity contribution in [2.75, 3.05) is 20.3 Å². The quantitative estimate of drug-likeness (QED) is 0.860. The average Bonchev–Trinajstić information content (AvgIpc) is 3.16. The standard InChI is InChI=1S/C15H20N4O3S/c1-10(8-21-2)17-14(20)15-18-12-7-19(4-3-13(12)22-15)6-11-5-16-9-23-11/h5,9-10H,3-4,6-8H2,1-2H3,(H,17,20)/t10-/m0/s1. The summed E-state index contributed by atoms with van der Waals surface area (Å²) < 4.78 is 10.6. The molecule has 0 saturated heterocycles. The summed E-state index contributed by atoms with van der Waals surface area (Å²) in [7, 11) is 1.60. The zero-order valence-corrected chi connectivity index (χ0v) is 14.1. The van der Waals surface area contributed by atoms with E-state index in [1.807, 2.05) is 18.6 Å². The zero-order valence-electron chi connectivity index (χ0n) is 13.2. The lowest BCUT2D eigenvalue weighted by molar-refractivity contribution is 0.0869. The lowest BCUT2D eigenvalue weighted by atomic mass is 10.1. The van der Waals surface area contributed by atoms with E-state index in [1.165, 1.54) is 4.88 Å². The Kier molecular flexibility index (Phi) is 5.04. The average molecular weight is 336 g/mol. The fourth-order valence-corrected chi connectivity index (χ4v) is 3.24. The summed E-state index contributed by atoms with van der Waals surface area (Å²) in [6.45, 7) is 4.76. The lowest BCUT2D eigenvalue weighted by Gasteiger charge is -2.24. The third kappa shape index (κ3) is 3.95. The van der Waals surface area contributed by atoms with E-state index in [0.29, 0.717) is 13.2 Å². The van der Waals surface area contributed by atoms with E-state index in [0.717, 1.165) is 31.0 Å². The highest BCUT2D eigenvalue weighted by Crippen LogP contribution is 2.22. The van der Waals surface area contributed by atoms with Crippen LogP contribution in [0.2, 0.25) is 0 Å². The Hall–Kier alpha value is -1.77. The van der Waals surface area contributed by atoms with Crippen molar-refractivity contribution in [2.24, 2.45) is 0 Å². The Morgan fingerprint density at radius 3 is 3.22 bits per heavy atom. The van der Waals surface area contributed by atoms with Gasteiger partial charge in [0.15, 0.2) is 0 Å². The fourth-order valence-electron chi connectivity index (χ4n) is 2.60. The van der Waals surface area contributed by atoms with Crippen molar-refractivity contribution < 1.29 is 13.9 Å². The molecule has 1 aliphatic heterocycles. The molecule has 8 heteroatoms. The Balaban J connectivity index is 1.63. The van der Waals surface area contributed by atoms with Gasteiger partial charge in [-0.3, -0.25) is 14.7 Å². The van der Waals surface area contributed by atoms with E-state index in [-0.39, 0.29) is 17.8 Å². The monoisotopic (exact) mass is 336 g/mol. The van der Waals surface area contributed by atoms with Gasteiger partial charge < -0.3 is 14.5 Å². The number of thiazole rings is 1. The molecule has 1 atom stereocenters. The Morgan fingerprint density at radius 1 is 1.61 bits per heavy atom. The number of amides is 1. The maximum absolute atomic E-state index is 12.1. The first-order valence-electron chi connectivity index (χ1n) is 7.54. The summed E-state index contributed by atoms with van der Waals surface area (Å²) in [5, 5.41) is 2.81. The minimum Gasteiger partial charge on any atom is -0.437 e. The molecule has 0 unspecified atom stereocenters. The first-order chi connectivity index (χ1) is 11.2. The SMILES string of the molecule is COC[C@H](C)NC(=O)c1nc2c(o1)CCN(Cc1cncs1)C2. The number of oxazole rings is 1. The van der Waals surface area contributed by atoms with E-state index in [4.69, 9.17) is 9.15 Å². The smallest absolute Gasteiger partial charge is 0.307 e. The molecule has 2 aromatic rings. The molecule has 2 aromatic heterocycles. The van der Waals surface area contributed by atoms with Crippen LogP contribution >= 0.6 is 11.3 Å². The Bertz CT molecular complexity index is 656. The van der Waals surface area contributed by atoms with Gasteiger partial charge in [-0.25, -0.2) is 4.98 Å². The van der Waals surface area contributed by atoms with Crippen LogP contribution in [0.3, 0.4) is 0 Å². The number of hydrogen-bond acceptors (Lipinski definition) is 7. The van der Waals surface area contributed by atoms with Crippen LogP contribution in [-0.2, 0) is 24.2 Å². The number of hydrogen-bond donors (Lipinski definition) is 1. The second-order valence-electron chi connectivity index (χ2n) is 5.65. The number of carbonyl (C=O) groups excluding carboxylic acids is 1. The zero-order chi connectivity index (χ0) is 16.2. The number of fused-ring (bicyclic) bond motifs is 1. The second-order valence-corrected chi connectivity index (χ2v) is 6.62. The number of carbonyl (C=O) groups is 1. The first-order valence-corrected chi connectivity index (χ1v) is 8.41. The second kappa shape index (κ2) is 7.20. The summed E-state index contributed by atoms with van der Waals surface area (Å²) in [5.74, 6) is 0.658. The molecule has 0 aromatic carbocycles. The number of nitrogens with zero attached hydrogens (tertiary/aromatic N) is 3. The molecule has 124 valence electrons. The van der Waals surface area contributed by atoms with Crippen molar-refractivity contribution in [1.29, 1.82) is 0 Å². The maximum atomic E-state index is 12.1. The van der Waals surface area contributed by atoms with Crippen molar-refractivity contribution in [3.05, 3.63) is 33.9 Å². The topological polar surface area (TPSA) is 80.5 Å². The van der Waals surface area contributed by atoms with Crippen LogP contribution in [0.1, 0.15) is 33.9 Å². The maximum Gasteiger partial charge on any atom is 0.307 e. The number of methoxy groups -OCH3 is 1. The fraction of sp³-hybridized carbons (Fsp3) is 0.533. The predicted octanol–water partition coefficient (Wildman–Crippen LogP) is 1.45. The molecular formula is C15H20N4O3S. The largest absolute Gasteiger partial charge is 0.437 e. The molecular weight excluding hydrogens is 316 g/mol. The molecule has 3 heterocycles. The summed E-state index contributed by atoms with van der Waals surface area (Å²) >= 11 is 1.65. The van der Waals surface area contributed by atoms with Crippen LogP contribution in [0.25, 0.3) is 0 Å². The van der Waals surface area contributed by atoms with E-state index in [1.54, 1.807) is 18.4 Å². The van der Waals surface area contributed by atoms with Crippen molar-refractivity contribution in [3.8, 4) is 0 Å². The molecule has 1 amide bonds. The molecule has 0 spiro atoms. The van der Waals surface area contributed by atoms with Crippen molar-refractivity contribution >= 4 is 17.2 Å². The normalized spacial score (nSPS) is 16.1. The number of nitrogens with one attached hydrogen (secondary N) is 1. The van der Waals surface area contributed by atoms with Crippen molar-refractivity contribution in [1.82, 2.24) is 20.2 Å². The molecule has 3 rings (SSSR count). The van der Waals surface area contributed by atoms with Crippen LogP contribution in [0, 0.1) is 0 Å². The van der Waals surface area contributed by atoms with Crippen LogP contribution in [0.4, 0.5) is 0 Å². The highest BCUT2D eigenvalue weighted by Gasteiger charge is 2.25. The van der Waals surface area contributed by atoms with Crippen LogP contribution in [0.15, 0.2) is 16.1 Å². The van der Waals surface area contributed by atoms with Crippen LogP contribution in [0.5, 0.6) is 0 Å². The van der Waals surface area contributed by atoms with Gasteiger partial charge in [0.05, 0.1) is 17.8 Å². The summed E-state index contributed by atoms with van der Waals surface area (Å²) in [6, 6.07) is -0.0840. The number of ether oxygens (including phenoxy) is 1. The molecule has 7 nitrogen and oxygen atoms in total. The molecule has 0 fully saturated rings. The van der Waals surface area contributed by atoms with Gasteiger partial charge >= 0.3 is 5.91 Å². The van der Waals surface area contributed by atoms with Crippen LogP contribution < -0.4 is 5.32 Å². The first kappa shape index (κ1) is 16.1. The molecule has 23 heavy (non-hydrogen) atoms. The predicted molar refractivity (Wildman–Crippen MR) is 85.2 cm³/mol. The third-order valence-corrected chi connectivity index (χ3v) is 4.42.